The predicted molar refractivity (Wildman–Crippen MR) is 67.8 cm³/mol. The molecule has 4 nitrogen and oxygen atoms in total. The number of hydrogen-bond donors (Lipinski definition) is 2. The topological polar surface area (TPSA) is 64.3 Å². The molecule has 0 radical (unpaired) electrons. The molecule has 1 aromatic carbocycles. The van der Waals surface area contributed by atoms with E-state index in [1.54, 1.807) is 6.07 Å². The predicted octanol–water partition coefficient (Wildman–Crippen LogP) is 1.30. The minimum Gasteiger partial charge on any atom is -0.465 e. The van der Waals surface area contributed by atoms with Crippen molar-refractivity contribution in [2.24, 2.45) is 5.73 Å². The molecular weight excluding hydrogens is 216 g/mol. The van der Waals surface area contributed by atoms with E-state index in [1.807, 2.05) is 18.2 Å². The summed E-state index contributed by atoms with van der Waals surface area (Å²) in [5.74, 6) is -0.288. The molecule has 4 heteroatoms. The van der Waals surface area contributed by atoms with Gasteiger partial charge in [-0.15, -0.1) is 0 Å². The van der Waals surface area contributed by atoms with Crippen LogP contribution in [0.2, 0.25) is 0 Å². The molecule has 0 fully saturated rings. The SMILES string of the molecule is COC(=O)c1ccccc1CNCCCCN. The highest BCUT2D eigenvalue weighted by Crippen LogP contribution is 2.09. The van der Waals surface area contributed by atoms with Crippen molar-refractivity contribution < 1.29 is 9.53 Å². The molecular formula is C13H20N2O2. The molecule has 0 aromatic heterocycles. The average Bonchev–Trinajstić information content (AvgIpc) is 2.38. The van der Waals surface area contributed by atoms with Gasteiger partial charge in [0.05, 0.1) is 12.7 Å². The number of esters is 1. The first kappa shape index (κ1) is 13.7. The zero-order valence-corrected chi connectivity index (χ0v) is 10.2. The first-order valence-corrected chi connectivity index (χ1v) is 5.86. The fourth-order valence-corrected chi connectivity index (χ4v) is 1.60. The Bertz CT molecular complexity index is 353. The maximum absolute atomic E-state index is 11.5. The van der Waals surface area contributed by atoms with Crippen LogP contribution in [-0.4, -0.2) is 26.2 Å². The van der Waals surface area contributed by atoms with Crippen molar-refractivity contribution in [2.45, 2.75) is 19.4 Å². The van der Waals surface area contributed by atoms with Crippen molar-refractivity contribution in [2.75, 3.05) is 20.2 Å². The summed E-state index contributed by atoms with van der Waals surface area (Å²) in [6.45, 7) is 2.31. The summed E-state index contributed by atoms with van der Waals surface area (Å²) in [5.41, 5.74) is 7.01. The monoisotopic (exact) mass is 236 g/mol. The number of nitrogens with one attached hydrogen (secondary N) is 1. The Morgan fingerprint density at radius 2 is 2.12 bits per heavy atom. The molecule has 0 spiro atoms. The van der Waals surface area contributed by atoms with Crippen LogP contribution in [0.4, 0.5) is 0 Å². The summed E-state index contributed by atoms with van der Waals surface area (Å²) >= 11 is 0. The number of benzene rings is 1. The van der Waals surface area contributed by atoms with Gasteiger partial charge >= 0.3 is 5.97 Å². The molecule has 0 aliphatic rings. The number of rotatable bonds is 7. The van der Waals surface area contributed by atoms with E-state index in [0.717, 1.165) is 31.5 Å². The van der Waals surface area contributed by atoms with Gasteiger partial charge in [0.2, 0.25) is 0 Å². The van der Waals surface area contributed by atoms with E-state index in [9.17, 15) is 4.79 Å². The van der Waals surface area contributed by atoms with E-state index in [4.69, 9.17) is 10.5 Å². The summed E-state index contributed by atoms with van der Waals surface area (Å²) in [7, 11) is 1.40. The van der Waals surface area contributed by atoms with Crippen molar-refractivity contribution >= 4 is 5.97 Å². The highest BCUT2D eigenvalue weighted by Gasteiger charge is 2.09. The minimum absolute atomic E-state index is 0.288. The van der Waals surface area contributed by atoms with Crippen molar-refractivity contribution in [1.29, 1.82) is 0 Å². The van der Waals surface area contributed by atoms with Gasteiger partial charge in [-0.3, -0.25) is 0 Å². The van der Waals surface area contributed by atoms with E-state index in [2.05, 4.69) is 5.32 Å². The molecule has 0 unspecified atom stereocenters. The molecule has 0 atom stereocenters. The smallest absolute Gasteiger partial charge is 0.338 e. The number of nitrogens with two attached hydrogens (primary N) is 1. The normalized spacial score (nSPS) is 10.2. The number of methoxy groups -OCH3 is 1. The van der Waals surface area contributed by atoms with E-state index >= 15 is 0 Å². The lowest BCUT2D eigenvalue weighted by atomic mass is 10.1. The molecule has 0 aliphatic carbocycles. The van der Waals surface area contributed by atoms with Gasteiger partial charge in [0.1, 0.15) is 0 Å². The Balaban J connectivity index is 2.49. The van der Waals surface area contributed by atoms with Crippen LogP contribution in [-0.2, 0) is 11.3 Å². The molecule has 0 saturated heterocycles. The van der Waals surface area contributed by atoms with Gasteiger partial charge < -0.3 is 15.8 Å². The second-order valence-electron chi connectivity index (χ2n) is 3.82. The van der Waals surface area contributed by atoms with Crippen LogP contribution in [0.3, 0.4) is 0 Å². The standard InChI is InChI=1S/C13H20N2O2/c1-17-13(16)12-7-3-2-6-11(12)10-15-9-5-4-8-14/h2-3,6-7,15H,4-5,8-10,14H2,1H3. The number of carbonyl (C=O) groups is 1. The Labute approximate surface area is 102 Å². The van der Waals surface area contributed by atoms with Crippen LogP contribution < -0.4 is 11.1 Å². The lowest BCUT2D eigenvalue weighted by Crippen LogP contribution is -2.18. The summed E-state index contributed by atoms with van der Waals surface area (Å²) in [5, 5.41) is 3.29. The third kappa shape index (κ3) is 4.54. The molecule has 17 heavy (non-hydrogen) atoms. The molecule has 0 aliphatic heterocycles. The number of hydrogen-bond acceptors (Lipinski definition) is 4. The Kier molecular flexibility index (Phi) is 6.29. The molecule has 1 aromatic rings. The second-order valence-corrected chi connectivity index (χ2v) is 3.82. The van der Waals surface area contributed by atoms with Crippen molar-refractivity contribution in [1.82, 2.24) is 5.32 Å². The highest BCUT2D eigenvalue weighted by molar-refractivity contribution is 5.90. The lowest BCUT2D eigenvalue weighted by Gasteiger charge is -2.08. The molecule has 0 heterocycles. The van der Waals surface area contributed by atoms with Crippen molar-refractivity contribution in [3.8, 4) is 0 Å². The molecule has 94 valence electrons. The largest absolute Gasteiger partial charge is 0.465 e. The van der Waals surface area contributed by atoms with Crippen LogP contribution >= 0.6 is 0 Å². The van der Waals surface area contributed by atoms with Gasteiger partial charge in [0, 0.05) is 6.54 Å². The third-order valence-electron chi connectivity index (χ3n) is 2.55. The molecule has 3 N–H and O–H groups in total. The second kappa shape index (κ2) is 7.81. The van der Waals surface area contributed by atoms with E-state index in [-0.39, 0.29) is 5.97 Å². The van der Waals surface area contributed by atoms with Crippen molar-refractivity contribution in [3.63, 3.8) is 0 Å². The fraction of sp³-hybridized carbons (Fsp3) is 0.462. The first-order chi connectivity index (χ1) is 8.29. The third-order valence-corrected chi connectivity index (χ3v) is 2.55. The first-order valence-electron chi connectivity index (χ1n) is 5.86. The van der Waals surface area contributed by atoms with Gasteiger partial charge in [-0.2, -0.15) is 0 Å². The van der Waals surface area contributed by atoms with E-state index in [0.29, 0.717) is 12.1 Å². The van der Waals surface area contributed by atoms with Gasteiger partial charge in [-0.1, -0.05) is 18.2 Å². The van der Waals surface area contributed by atoms with Crippen LogP contribution in [0.15, 0.2) is 24.3 Å². The maximum atomic E-state index is 11.5. The summed E-state index contributed by atoms with van der Waals surface area (Å²) in [6, 6.07) is 7.47. The van der Waals surface area contributed by atoms with Gasteiger partial charge in [-0.05, 0) is 37.6 Å². The van der Waals surface area contributed by atoms with E-state index < -0.39 is 0 Å². The van der Waals surface area contributed by atoms with E-state index in [1.165, 1.54) is 7.11 Å². The Hall–Kier alpha value is -1.39. The number of carbonyl (C=O) groups excluding carboxylic acids is 1. The van der Waals surface area contributed by atoms with Gasteiger partial charge in [0.25, 0.3) is 0 Å². The van der Waals surface area contributed by atoms with Crippen LogP contribution in [0.5, 0.6) is 0 Å². The van der Waals surface area contributed by atoms with Gasteiger partial charge in [0.15, 0.2) is 0 Å². The van der Waals surface area contributed by atoms with Crippen LogP contribution in [0.25, 0.3) is 0 Å². The molecule has 1 rings (SSSR count). The van der Waals surface area contributed by atoms with Crippen LogP contribution in [0.1, 0.15) is 28.8 Å². The minimum atomic E-state index is -0.288. The fourth-order valence-electron chi connectivity index (χ4n) is 1.60. The summed E-state index contributed by atoms with van der Waals surface area (Å²) < 4.78 is 4.74. The summed E-state index contributed by atoms with van der Waals surface area (Å²) in [4.78, 5) is 11.5. The quantitative estimate of drug-likeness (QED) is 0.553. The highest BCUT2D eigenvalue weighted by atomic mass is 16.5. The van der Waals surface area contributed by atoms with Gasteiger partial charge in [-0.25, -0.2) is 4.79 Å². The maximum Gasteiger partial charge on any atom is 0.338 e. The van der Waals surface area contributed by atoms with Crippen molar-refractivity contribution in [3.05, 3.63) is 35.4 Å². The zero-order valence-electron chi connectivity index (χ0n) is 10.2. The lowest BCUT2D eigenvalue weighted by molar-refractivity contribution is 0.0599. The Morgan fingerprint density at radius 1 is 1.35 bits per heavy atom. The zero-order chi connectivity index (χ0) is 12.5. The molecule has 0 saturated carbocycles. The number of ether oxygens (including phenoxy) is 1. The average molecular weight is 236 g/mol. The van der Waals surface area contributed by atoms with Crippen LogP contribution in [0, 0.1) is 0 Å². The molecule has 0 amide bonds. The summed E-state index contributed by atoms with van der Waals surface area (Å²) in [6.07, 6.45) is 2.07. The number of unbranched alkanes of at least 4 members (excludes halogenated alkanes) is 1. The molecule has 0 bridgehead atoms. The Morgan fingerprint density at radius 3 is 2.82 bits per heavy atom.